The van der Waals surface area contributed by atoms with Crippen LogP contribution in [0.25, 0.3) is 0 Å². The Morgan fingerprint density at radius 3 is 2.40 bits per heavy atom. The van der Waals surface area contributed by atoms with E-state index in [0.717, 1.165) is 0 Å². The van der Waals surface area contributed by atoms with Crippen LogP contribution in [0.1, 0.15) is 31.2 Å². The third-order valence-corrected chi connectivity index (χ3v) is 4.07. The molecule has 1 aromatic carbocycles. The zero-order valence-corrected chi connectivity index (χ0v) is 10.9. The maximum atomic E-state index is 12.0. The summed E-state index contributed by atoms with van der Waals surface area (Å²) in [7, 11) is 0. The Morgan fingerprint density at radius 2 is 1.85 bits per heavy atom. The van der Waals surface area contributed by atoms with Crippen molar-refractivity contribution in [2.45, 2.75) is 31.1 Å². The number of hydrogen-bond acceptors (Lipinski definition) is 3. The molecule has 0 aromatic heterocycles. The Morgan fingerprint density at radius 1 is 1.20 bits per heavy atom. The van der Waals surface area contributed by atoms with Crippen LogP contribution in [0.4, 0.5) is 0 Å². The highest BCUT2D eigenvalue weighted by Gasteiger charge is 2.54. The molecule has 5 nitrogen and oxygen atoms in total. The van der Waals surface area contributed by atoms with E-state index in [9.17, 15) is 19.5 Å². The first-order valence-electron chi connectivity index (χ1n) is 6.52. The van der Waals surface area contributed by atoms with Gasteiger partial charge < -0.3 is 10.2 Å². The molecule has 2 N–H and O–H groups in total. The molecule has 0 unspecified atom stereocenters. The van der Waals surface area contributed by atoms with Crippen LogP contribution in [0.2, 0.25) is 0 Å². The summed E-state index contributed by atoms with van der Waals surface area (Å²) < 4.78 is 0. The van der Waals surface area contributed by atoms with E-state index in [4.69, 9.17) is 5.11 Å². The van der Waals surface area contributed by atoms with Gasteiger partial charge in [-0.2, -0.15) is 0 Å². The molecule has 106 valence electrons. The van der Waals surface area contributed by atoms with Crippen LogP contribution in [-0.2, 0) is 19.8 Å². The van der Waals surface area contributed by atoms with Crippen molar-refractivity contribution >= 4 is 17.7 Å². The van der Waals surface area contributed by atoms with Crippen molar-refractivity contribution in [2.75, 3.05) is 0 Å². The molecular formula is C15H16O5. The first-order valence-corrected chi connectivity index (χ1v) is 6.52. The van der Waals surface area contributed by atoms with E-state index < -0.39 is 23.3 Å². The van der Waals surface area contributed by atoms with Crippen LogP contribution in [0.3, 0.4) is 0 Å². The van der Waals surface area contributed by atoms with Gasteiger partial charge in [-0.05, 0) is 18.4 Å². The van der Waals surface area contributed by atoms with Crippen molar-refractivity contribution < 1.29 is 24.6 Å². The van der Waals surface area contributed by atoms with Crippen molar-refractivity contribution in [2.24, 2.45) is 5.92 Å². The van der Waals surface area contributed by atoms with E-state index >= 15 is 0 Å². The second kappa shape index (κ2) is 5.45. The molecule has 0 bridgehead atoms. The molecule has 0 amide bonds. The SMILES string of the molecule is O=C(O)CC[C@@H]1C(=O)CC[C@@]1(C(=O)O)c1ccccc1. The highest BCUT2D eigenvalue weighted by atomic mass is 16.4. The van der Waals surface area contributed by atoms with E-state index in [-0.39, 0.29) is 31.5 Å². The highest BCUT2D eigenvalue weighted by Crippen LogP contribution is 2.46. The third kappa shape index (κ3) is 2.31. The predicted octanol–water partition coefficient (Wildman–Crippen LogP) is 1.85. The molecule has 0 heterocycles. The number of ketones is 1. The average Bonchev–Trinajstić information content (AvgIpc) is 2.75. The van der Waals surface area contributed by atoms with E-state index in [2.05, 4.69) is 0 Å². The highest BCUT2D eigenvalue weighted by molar-refractivity contribution is 5.96. The largest absolute Gasteiger partial charge is 0.481 e. The molecule has 2 atom stereocenters. The molecule has 1 aliphatic carbocycles. The zero-order valence-electron chi connectivity index (χ0n) is 10.9. The number of carboxylic acid groups (broad SMARTS) is 2. The number of Topliss-reactive ketones (excluding diaryl/α,β-unsaturated/α-hetero) is 1. The van der Waals surface area contributed by atoms with Gasteiger partial charge in [0, 0.05) is 18.8 Å². The quantitative estimate of drug-likeness (QED) is 0.856. The van der Waals surface area contributed by atoms with Gasteiger partial charge >= 0.3 is 11.9 Å². The minimum absolute atomic E-state index is 0.0648. The second-order valence-electron chi connectivity index (χ2n) is 5.09. The van der Waals surface area contributed by atoms with Gasteiger partial charge in [0.15, 0.2) is 0 Å². The Kier molecular flexibility index (Phi) is 3.88. The molecular weight excluding hydrogens is 260 g/mol. The Balaban J connectivity index is 2.42. The van der Waals surface area contributed by atoms with E-state index in [1.165, 1.54) is 0 Å². The molecule has 0 radical (unpaired) electrons. The van der Waals surface area contributed by atoms with Crippen molar-refractivity contribution in [3.8, 4) is 0 Å². The maximum absolute atomic E-state index is 12.0. The fourth-order valence-corrected chi connectivity index (χ4v) is 3.08. The van der Waals surface area contributed by atoms with Gasteiger partial charge in [0.2, 0.25) is 0 Å². The summed E-state index contributed by atoms with van der Waals surface area (Å²) >= 11 is 0. The molecule has 0 spiro atoms. The molecule has 1 fully saturated rings. The zero-order chi connectivity index (χ0) is 14.8. The minimum atomic E-state index is -1.28. The van der Waals surface area contributed by atoms with Gasteiger partial charge in [-0.3, -0.25) is 14.4 Å². The van der Waals surface area contributed by atoms with Gasteiger partial charge in [0.25, 0.3) is 0 Å². The van der Waals surface area contributed by atoms with Crippen molar-refractivity contribution in [1.82, 2.24) is 0 Å². The number of carboxylic acids is 2. The van der Waals surface area contributed by atoms with E-state index in [1.807, 2.05) is 0 Å². The number of carbonyl (C=O) groups excluding carboxylic acids is 1. The normalized spacial score (nSPS) is 25.6. The summed E-state index contributed by atoms with van der Waals surface area (Å²) in [6.07, 6.45) is 0.286. The Bertz CT molecular complexity index is 536. The Labute approximate surface area is 116 Å². The maximum Gasteiger partial charge on any atom is 0.314 e. The van der Waals surface area contributed by atoms with Crippen LogP contribution >= 0.6 is 0 Å². The standard InChI is InChI=1S/C15H16O5/c16-12-8-9-15(14(19)20,10-4-2-1-3-5-10)11(12)6-7-13(17)18/h1-5,11H,6-9H2,(H,17,18)(H,19,20)/t11-,15-/m1/s1. The predicted molar refractivity (Wildman–Crippen MR) is 70.4 cm³/mol. The lowest BCUT2D eigenvalue weighted by Crippen LogP contribution is -2.41. The first kappa shape index (κ1) is 14.2. The lowest BCUT2D eigenvalue weighted by molar-refractivity contribution is -0.148. The van der Waals surface area contributed by atoms with Crippen molar-refractivity contribution in [3.05, 3.63) is 35.9 Å². The summed E-state index contributed by atoms with van der Waals surface area (Å²) in [5, 5.41) is 18.5. The van der Waals surface area contributed by atoms with Gasteiger partial charge in [-0.15, -0.1) is 0 Å². The molecule has 0 saturated heterocycles. The van der Waals surface area contributed by atoms with Gasteiger partial charge in [-0.25, -0.2) is 0 Å². The summed E-state index contributed by atoms with van der Waals surface area (Å²) in [5.41, 5.74) is -0.706. The van der Waals surface area contributed by atoms with Crippen LogP contribution in [0.5, 0.6) is 0 Å². The Hall–Kier alpha value is -2.17. The number of aliphatic carboxylic acids is 2. The number of hydrogen-bond donors (Lipinski definition) is 2. The molecule has 20 heavy (non-hydrogen) atoms. The van der Waals surface area contributed by atoms with Crippen molar-refractivity contribution in [3.63, 3.8) is 0 Å². The minimum Gasteiger partial charge on any atom is -0.481 e. The fraction of sp³-hybridized carbons (Fsp3) is 0.400. The molecule has 2 rings (SSSR count). The van der Waals surface area contributed by atoms with Crippen LogP contribution in [-0.4, -0.2) is 27.9 Å². The number of rotatable bonds is 5. The average molecular weight is 276 g/mol. The van der Waals surface area contributed by atoms with E-state index in [0.29, 0.717) is 5.56 Å². The molecule has 0 aliphatic heterocycles. The summed E-state index contributed by atoms with van der Waals surface area (Å²) in [6.45, 7) is 0. The van der Waals surface area contributed by atoms with Crippen LogP contribution in [0, 0.1) is 5.92 Å². The van der Waals surface area contributed by atoms with E-state index in [1.54, 1.807) is 30.3 Å². The topological polar surface area (TPSA) is 91.7 Å². The van der Waals surface area contributed by atoms with Gasteiger partial charge in [0.05, 0.1) is 0 Å². The fourth-order valence-electron chi connectivity index (χ4n) is 3.08. The monoisotopic (exact) mass is 276 g/mol. The van der Waals surface area contributed by atoms with Crippen LogP contribution < -0.4 is 0 Å². The molecule has 1 aromatic rings. The summed E-state index contributed by atoms with van der Waals surface area (Å²) in [5.74, 6) is -2.99. The van der Waals surface area contributed by atoms with Gasteiger partial charge in [0.1, 0.15) is 11.2 Å². The third-order valence-electron chi connectivity index (χ3n) is 4.07. The first-order chi connectivity index (χ1) is 9.48. The van der Waals surface area contributed by atoms with Crippen LogP contribution in [0.15, 0.2) is 30.3 Å². The van der Waals surface area contributed by atoms with Crippen molar-refractivity contribution in [1.29, 1.82) is 0 Å². The molecule has 1 aliphatic rings. The smallest absolute Gasteiger partial charge is 0.314 e. The lowest BCUT2D eigenvalue weighted by atomic mass is 9.70. The lowest BCUT2D eigenvalue weighted by Gasteiger charge is -2.30. The molecule has 5 heteroatoms. The summed E-state index contributed by atoms with van der Waals surface area (Å²) in [6, 6.07) is 8.64. The number of carbonyl (C=O) groups is 3. The molecule has 1 saturated carbocycles. The second-order valence-corrected chi connectivity index (χ2v) is 5.09. The summed E-state index contributed by atoms with van der Waals surface area (Å²) in [4.78, 5) is 34.6. The number of benzene rings is 1. The van der Waals surface area contributed by atoms with Gasteiger partial charge in [-0.1, -0.05) is 30.3 Å².